The zero-order valence-electron chi connectivity index (χ0n) is 11.2. The second-order valence-electron chi connectivity index (χ2n) is 5.67. The Bertz CT molecular complexity index is 216. The zero-order chi connectivity index (χ0) is 12.1. The van der Waals surface area contributed by atoms with Gasteiger partial charge in [-0.3, -0.25) is 4.90 Å². The van der Waals surface area contributed by atoms with Crippen LogP contribution in [0, 0.1) is 11.8 Å². The van der Waals surface area contributed by atoms with Crippen LogP contribution < -0.4 is 5.73 Å². The Morgan fingerprint density at radius 2 is 2.18 bits per heavy atom. The molecule has 0 spiro atoms. The molecule has 0 radical (unpaired) electrons. The van der Waals surface area contributed by atoms with Crippen molar-refractivity contribution in [1.82, 2.24) is 4.90 Å². The second kappa shape index (κ2) is 6.72. The highest BCUT2D eigenvalue weighted by molar-refractivity contribution is 4.84. The first-order chi connectivity index (χ1) is 8.35. The number of nitrogens with zero attached hydrogens (tertiary/aromatic N) is 1. The van der Waals surface area contributed by atoms with E-state index in [1.165, 1.54) is 45.2 Å². The van der Waals surface area contributed by atoms with Crippen LogP contribution in [0.15, 0.2) is 0 Å². The molecule has 2 fully saturated rings. The van der Waals surface area contributed by atoms with Gasteiger partial charge in [0.2, 0.25) is 0 Å². The summed E-state index contributed by atoms with van der Waals surface area (Å²) in [5.41, 5.74) is 6.00. The Balaban J connectivity index is 1.89. The molecule has 100 valence electrons. The molecule has 0 aliphatic carbocycles. The summed E-state index contributed by atoms with van der Waals surface area (Å²) in [7, 11) is 0. The minimum absolute atomic E-state index is 0.563. The van der Waals surface area contributed by atoms with E-state index >= 15 is 0 Å². The van der Waals surface area contributed by atoms with Crippen LogP contribution >= 0.6 is 0 Å². The molecular formula is C14H28N2O. The summed E-state index contributed by atoms with van der Waals surface area (Å²) in [6.07, 6.45) is 6.66. The maximum Gasteiger partial charge on any atom is 0.0510 e. The predicted octanol–water partition coefficient (Wildman–Crippen LogP) is 1.86. The highest BCUT2D eigenvalue weighted by atomic mass is 16.5. The van der Waals surface area contributed by atoms with Gasteiger partial charge in [-0.2, -0.15) is 0 Å². The Morgan fingerprint density at radius 3 is 2.82 bits per heavy atom. The minimum atomic E-state index is 0.563. The molecule has 0 amide bonds. The van der Waals surface area contributed by atoms with Gasteiger partial charge in [0.05, 0.1) is 6.61 Å². The number of rotatable bonds is 4. The van der Waals surface area contributed by atoms with E-state index in [0.29, 0.717) is 12.0 Å². The van der Waals surface area contributed by atoms with Crippen molar-refractivity contribution in [2.45, 2.75) is 45.1 Å². The van der Waals surface area contributed by atoms with Gasteiger partial charge < -0.3 is 10.5 Å². The van der Waals surface area contributed by atoms with Crippen molar-refractivity contribution in [3.63, 3.8) is 0 Å². The minimum Gasteiger partial charge on any atom is -0.381 e. The third-order valence-electron chi connectivity index (χ3n) is 4.68. The van der Waals surface area contributed by atoms with Crippen LogP contribution in [0.3, 0.4) is 0 Å². The van der Waals surface area contributed by atoms with Crippen molar-refractivity contribution in [1.29, 1.82) is 0 Å². The first-order valence-corrected chi connectivity index (χ1v) is 7.37. The summed E-state index contributed by atoms with van der Waals surface area (Å²) >= 11 is 0. The van der Waals surface area contributed by atoms with Crippen LogP contribution in [0.1, 0.15) is 39.0 Å². The van der Waals surface area contributed by atoms with Crippen molar-refractivity contribution < 1.29 is 4.74 Å². The highest BCUT2D eigenvalue weighted by Crippen LogP contribution is 2.26. The monoisotopic (exact) mass is 240 g/mol. The fourth-order valence-electron chi connectivity index (χ4n) is 3.42. The van der Waals surface area contributed by atoms with Crippen molar-refractivity contribution >= 4 is 0 Å². The van der Waals surface area contributed by atoms with Crippen molar-refractivity contribution in [3.05, 3.63) is 0 Å². The number of ether oxygens (including phenoxy) is 1. The Hall–Kier alpha value is -0.120. The van der Waals surface area contributed by atoms with E-state index in [1.807, 2.05) is 0 Å². The lowest BCUT2D eigenvalue weighted by atomic mass is 9.96. The number of hydrogen-bond donors (Lipinski definition) is 1. The van der Waals surface area contributed by atoms with E-state index in [4.69, 9.17) is 10.5 Å². The molecule has 2 heterocycles. The van der Waals surface area contributed by atoms with Gasteiger partial charge in [-0.25, -0.2) is 0 Å². The maximum atomic E-state index is 6.00. The van der Waals surface area contributed by atoms with Gasteiger partial charge in [-0.15, -0.1) is 0 Å². The second-order valence-corrected chi connectivity index (χ2v) is 5.67. The number of nitrogens with two attached hydrogens (primary N) is 1. The molecule has 2 aliphatic rings. The van der Waals surface area contributed by atoms with Gasteiger partial charge in [-0.1, -0.05) is 13.3 Å². The van der Waals surface area contributed by atoms with Gasteiger partial charge in [0, 0.05) is 25.1 Å². The molecule has 0 aromatic heterocycles. The molecule has 0 saturated carbocycles. The summed E-state index contributed by atoms with van der Waals surface area (Å²) in [5.74, 6) is 1.62. The van der Waals surface area contributed by atoms with Crippen LogP contribution in [0.25, 0.3) is 0 Å². The molecule has 3 nitrogen and oxygen atoms in total. The fourth-order valence-corrected chi connectivity index (χ4v) is 3.42. The van der Waals surface area contributed by atoms with Gasteiger partial charge in [0.15, 0.2) is 0 Å². The Labute approximate surface area is 106 Å². The van der Waals surface area contributed by atoms with Crippen molar-refractivity contribution in [3.8, 4) is 0 Å². The lowest BCUT2D eigenvalue weighted by Crippen LogP contribution is -2.46. The lowest BCUT2D eigenvalue weighted by molar-refractivity contribution is 0.124. The highest BCUT2D eigenvalue weighted by Gasteiger charge is 2.30. The van der Waals surface area contributed by atoms with E-state index in [0.717, 1.165) is 25.7 Å². The molecule has 3 unspecified atom stereocenters. The number of likely N-dealkylation sites (tertiary alicyclic amines) is 1. The van der Waals surface area contributed by atoms with Crippen LogP contribution in [-0.2, 0) is 4.74 Å². The quantitative estimate of drug-likeness (QED) is 0.815. The van der Waals surface area contributed by atoms with Crippen LogP contribution in [0.2, 0.25) is 0 Å². The molecule has 2 aliphatic heterocycles. The molecule has 0 aromatic rings. The average molecular weight is 240 g/mol. The number of hydrogen-bond acceptors (Lipinski definition) is 3. The van der Waals surface area contributed by atoms with Gasteiger partial charge in [0.1, 0.15) is 0 Å². The molecule has 2 rings (SSSR count). The van der Waals surface area contributed by atoms with Crippen molar-refractivity contribution in [2.75, 3.05) is 32.8 Å². The third-order valence-corrected chi connectivity index (χ3v) is 4.68. The van der Waals surface area contributed by atoms with Crippen LogP contribution in [-0.4, -0.2) is 43.8 Å². The van der Waals surface area contributed by atoms with E-state index < -0.39 is 0 Å². The maximum absolute atomic E-state index is 6.00. The summed E-state index contributed by atoms with van der Waals surface area (Å²) in [6.45, 7) is 7.48. The average Bonchev–Trinajstić information content (AvgIpc) is 2.76. The van der Waals surface area contributed by atoms with Crippen LogP contribution in [0.4, 0.5) is 0 Å². The molecule has 2 saturated heterocycles. The van der Waals surface area contributed by atoms with E-state index in [-0.39, 0.29) is 0 Å². The fraction of sp³-hybridized carbons (Fsp3) is 1.00. The topological polar surface area (TPSA) is 38.5 Å². The SMILES string of the molecule is CCC1CCCN(C(CN)C2CCOC2)CC1. The van der Waals surface area contributed by atoms with Gasteiger partial charge in [-0.05, 0) is 44.7 Å². The molecular weight excluding hydrogens is 212 g/mol. The summed E-state index contributed by atoms with van der Waals surface area (Å²) in [4.78, 5) is 2.65. The van der Waals surface area contributed by atoms with Crippen molar-refractivity contribution in [2.24, 2.45) is 17.6 Å². The molecule has 3 heteroatoms. The van der Waals surface area contributed by atoms with E-state index in [2.05, 4.69) is 11.8 Å². The lowest BCUT2D eigenvalue weighted by Gasteiger charge is -2.33. The summed E-state index contributed by atoms with van der Waals surface area (Å²) in [5, 5.41) is 0. The third kappa shape index (κ3) is 3.43. The van der Waals surface area contributed by atoms with Gasteiger partial charge in [0.25, 0.3) is 0 Å². The summed E-state index contributed by atoms with van der Waals surface area (Å²) in [6, 6.07) is 0.563. The first kappa shape index (κ1) is 13.3. The first-order valence-electron chi connectivity index (χ1n) is 7.37. The largest absolute Gasteiger partial charge is 0.381 e. The Kier molecular flexibility index (Phi) is 5.26. The predicted molar refractivity (Wildman–Crippen MR) is 71.0 cm³/mol. The molecule has 0 bridgehead atoms. The van der Waals surface area contributed by atoms with E-state index in [9.17, 15) is 0 Å². The smallest absolute Gasteiger partial charge is 0.0510 e. The summed E-state index contributed by atoms with van der Waals surface area (Å²) < 4.78 is 5.52. The Morgan fingerprint density at radius 1 is 1.29 bits per heavy atom. The van der Waals surface area contributed by atoms with E-state index in [1.54, 1.807) is 0 Å². The van der Waals surface area contributed by atoms with Gasteiger partial charge >= 0.3 is 0 Å². The zero-order valence-corrected chi connectivity index (χ0v) is 11.2. The molecule has 3 atom stereocenters. The molecule has 2 N–H and O–H groups in total. The molecule has 17 heavy (non-hydrogen) atoms. The standard InChI is InChI=1S/C14H28N2O/c1-2-12-4-3-7-16(8-5-12)14(10-15)13-6-9-17-11-13/h12-14H,2-11,15H2,1H3. The molecule has 0 aromatic carbocycles. The normalized spacial score (nSPS) is 33.5. The van der Waals surface area contributed by atoms with Crippen LogP contribution in [0.5, 0.6) is 0 Å².